The molecule has 7 heteroatoms. The van der Waals surface area contributed by atoms with Crippen LogP contribution in [0, 0.1) is 17.2 Å². The molecule has 0 saturated heterocycles. The summed E-state index contributed by atoms with van der Waals surface area (Å²) >= 11 is 1.50. The lowest BCUT2D eigenvalue weighted by atomic mass is 10.0. The number of nitrogens with zero attached hydrogens (tertiary/aromatic N) is 2. The molecule has 1 N–H and O–H groups in total. The number of aromatic nitrogens is 1. The quantitative estimate of drug-likeness (QED) is 0.918. The van der Waals surface area contributed by atoms with Gasteiger partial charge in [0.2, 0.25) is 10.0 Å². The minimum Gasteiger partial charge on any atom is -0.244 e. The highest BCUT2D eigenvalue weighted by atomic mass is 32.2. The summed E-state index contributed by atoms with van der Waals surface area (Å²) in [5.74, 6) is 0.0839. The first kappa shape index (κ1) is 15.6. The minimum atomic E-state index is -3.80. The summed E-state index contributed by atoms with van der Waals surface area (Å²) in [5.41, 5.74) is -0.0984. The second-order valence-corrected chi connectivity index (χ2v) is 7.48. The van der Waals surface area contributed by atoms with Crippen molar-refractivity contribution < 1.29 is 8.42 Å². The topological polar surface area (TPSA) is 82.8 Å². The molecule has 0 aliphatic rings. The monoisotopic (exact) mass is 321 g/mol. The van der Waals surface area contributed by atoms with Crippen LogP contribution in [0.25, 0.3) is 0 Å². The van der Waals surface area contributed by atoms with Crippen molar-refractivity contribution in [3.8, 4) is 6.07 Å². The second kappa shape index (κ2) is 6.35. The Morgan fingerprint density at radius 1 is 1.33 bits per heavy atom. The van der Waals surface area contributed by atoms with Crippen LogP contribution in [0.3, 0.4) is 0 Å². The molecule has 0 fully saturated rings. The Labute approximate surface area is 128 Å². The molecule has 0 amide bonds. The normalized spacial score (nSPS) is 13.0. The van der Waals surface area contributed by atoms with Crippen LogP contribution in [0.15, 0.2) is 40.7 Å². The molecule has 1 atom stereocenters. The van der Waals surface area contributed by atoms with E-state index in [1.165, 1.54) is 29.7 Å². The predicted molar refractivity (Wildman–Crippen MR) is 81.2 cm³/mol. The number of nitriles is 1. The van der Waals surface area contributed by atoms with Gasteiger partial charge in [-0.1, -0.05) is 19.9 Å². The summed E-state index contributed by atoms with van der Waals surface area (Å²) in [6, 6.07) is 8.15. The fraction of sp³-hybridized carbons (Fsp3) is 0.286. The molecule has 0 spiro atoms. The molecule has 0 radical (unpaired) electrons. The van der Waals surface area contributed by atoms with E-state index in [1.54, 1.807) is 0 Å². The smallest absolute Gasteiger partial charge is 0.244 e. The molecule has 2 heterocycles. The molecule has 0 aliphatic heterocycles. The average molecular weight is 321 g/mol. The van der Waals surface area contributed by atoms with Gasteiger partial charge in [-0.05, 0) is 29.5 Å². The molecule has 2 aromatic heterocycles. The molecule has 2 aromatic rings. The summed E-state index contributed by atoms with van der Waals surface area (Å²) in [4.78, 5) is 4.65. The van der Waals surface area contributed by atoms with E-state index >= 15 is 0 Å². The Bertz CT molecular complexity index is 747. The highest BCUT2D eigenvalue weighted by molar-refractivity contribution is 7.89. The first-order valence-corrected chi connectivity index (χ1v) is 8.73. The molecule has 2 rings (SSSR count). The van der Waals surface area contributed by atoms with Crippen LogP contribution < -0.4 is 4.72 Å². The van der Waals surface area contributed by atoms with Crippen molar-refractivity contribution in [1.29, 1.82) is 5.26 Å². The average Bonchev–Trinajstić information content (AvgIpc) is 2.98. The van der Waals surface area contributed by atoms with E-state index in [-0.39, 0.29) is 22.5 Å². The lowest BCUT2D eigenvalue weighted by Crippen LogP contribution is -2.31. The third-order valence-corrected chi connectivity index (χ3v) is 5.39. The number of hydrogen-bond donors (Lipinski definition) is 1. The van der Waals surface area contributed by atoms with Crippen molar-refractivity contribution in [1.82, 2.24) is 9.71 Å². The van der Waals surface area contributed by atoms with Gasteiger partial charge in [-0.15, -0.1) is 11.3 Å². The SMILES string of the molecule is CC(C)C(NS(=O)(=O)c1cccnc1C#N)c1cccs1. The maximum atomic E-state index is 12.5. The van der Waals surface area contributed by atoms with Crippen LogP contribution in [0.2, 0.25) is 0 Å². The number of rotatable bonds is 5. The van der Waals surface area contributed by atoms with Crippen LogP contribution in [0.1, 0.15) is 30.5 Å². The van der Waals surface area contributed by atoms with Crippen molar-refractivity contribution in [3.05, 3.63) is 46.4 Å². The van der Waals surface area contributed by atoms with E-state index in [4.69, 9.17) is 5.26 Å². The Hall–Kier alpha value is -1.75. The van der Waals surface area contributed by atoms with Crippen molar-refractivity contribution in [3.63, 3.8) is 0 Å². The number of pyridine rings is 1. The van der Waals surface area contributed by atoms with Gasteiger partial charge in [-0.2, -0.15) is 5.26 Å². The molecule has 0 aromatic carbocycles. The molecule has 1 unspecified atom stereocenters. The Morgan fingerprint density at radius 2 is 2.10 bits per heavy atom. The van der Waals surface area contributed by atoms with E-state index in [1.807, 2.05) is 37.4 Å². The van der Waals surface area contributed by atoms with Gasteiger partial charge in [0.05, 0.1) is 6.04 Å². The number of nitrogens with one attached hydrogen (secondary N) is 1. The standard InChI is InChI=1S/C14H15N3O2S2/c1-10(2)14(12-5-4-8-20-12)17-21(18,19)13-6-3-7-16-11(13)9-15/h3-8,10,14,17H,1-2H3. The molecule has 0 saturated carbocycles. The highest BCUT2D eigenvalue weighted by Gasteiger charge is 2.26. The zero-order chi connectivity index (χ0) is 15.5. The molecular formula is C14H15N3O2S2. The number of thiophene rings is 1. The van der Waals surface area contributed by atoms with Crippen LogP contribution >= 0.6 is 11.3 Å². The molecular weight excluding hydrogens is 306 g/mol. The van der Waals surface area contributed by atoms with Crippen LogP contribution in [0.5, 0.6) is 0 Å². The highest BCUT2D eigenvalue weighted by Crippen LogP contribution is 2.28. The van der Waals surface area contributed by atoms with Crippen LogP contribution in [-0.2, 0) is 10.0 Å². The molecule has 110 valence electrons. The Kier molecular flexibility index (Phi) is 4.73. The number of hydrogen-bond acceptors (Lipinski definition) is 5. The maximum Gasteiger partial charge on any atom is 0.244 e. The van der Waals surface area contributed by atoms with Crippen molar-refractivity contribution >= 4 is 21.4 Å². The van der Waals surface area contributed by atoms with Gasteiger partial charge in [0.25, 0.3) is 0 Å². The van der Waals surface area contributed by atoms with E-state index in [0.29, 0.717) is 0 Å². The van der Waals surface area contributed by atoms with Gasteiger partial charge in [0.15, 0.2) is 5.69 Å². The molecule has 0 bridgehead atoms. The van der Waals surface area contributed by atoms with E-state index in [0.717, 1.165) is 4.88 Å². The number of sulfonamides is 1. The zero-order valence-electron chi connectivity index (χ0n) is 11.6. The van der Waals surface area contributed by atoms with Gasteiger partial charge in [-0.3, -0.25) is 0 Å². The molecule has 0 aliphatic carbocycles. The van der Waals surface area contributed by atoms with Crippen molar-refractivity contribution in [2.75, 3.05) is 0 Å². The van der Waals surface area contributed by atoms with Crippen molar-refractivity contribution in [2.24, 2.45) is 5.92 Å². The summed E-state index contributed by atoms with van der Waals surface area (Å²) in [5, 5.41) is 10.9. The molecule has 5 nitrogen and oxygen atoms in total. The fourth-order valence-electron chi connectivity index (χ4n) is 1.91. The Morgan fingerprint density at radius 3 is 2.67 bits per heavy atom. The van der Waals surface area contributed by atoms with E-state index < -0.39 is 10.0 Å². The zero-order valence-corrected chi connectivity index (χ0v) is 13.3. The Balaban J connectivity index is 2.38. The summed E-state index contributed by atoms with van der Waals surface area (Å²) in [7, 11) is -3.80. The van der Waals surface area contributed by atoms with Crippen LogP contribution in [0.4, 0.5) is 0 Å². The first-order chi connectivity index (χ1) is 9.95. The summed E-state index contributed by atoms with van der Waals surface area (Å²) in [6.07, 6.45) is 1.40. The lowest BCUT2D eigenvalue weighted by molar-refractivity contribution is 0.468. The van der Waals surface area contributed by atoms with Gasteiger partial charge in [0, 0.05) is 11.1 Å². The summed E-state index contributed by atoms with van der Waals surface area (Å²) < 4.78 is 27.7. The maximum absolute atomic E-state index is 12.5. The lowest BCUT2D eigenvalue weighted by Gasteiger charge is -2.21. The van der Waals surface area contributed by atoms with Crippen molar-refractivity contribution in [2.45, 2.75) is 24.8 Å². The summed E-state index contributed by atoms with van der Waals surface area (Å²) in [6.45, 7) is 3.89. The van der Waals surface area contributed by atoms with Gasteiger partial charge in [-0.25, -0.2) is 18.1 Å². The largest absolute Gasteiger partial charge is 0.244 e. The third kappa shape index (κ3) is 3.47. The third-order valence-electron chi connectivity index (χ3n) is 2.96. The van der Waals surface area contributed by atoms with Crippen LogP contribution in [-0.4, -0.2) is 13.4 Å². The van der Waals surface area contributed by atoms with Gasteiger partial charge in [0.1, 0.15) is 11.0 Å². The van der Waals surface area contributed by atoms with E-state index in [2.05, 4.69) is 9.71 Å². The second-order valence-electron chi connectivity index (χ2n) is 4.82. The van der Waals surface area contributed by atoms with Gasteiger partial charge < -0.3 is 0 Å². The fourth-order valence-corrected chi connectivity index (χ4v) is 4.41. The molecule has 21 heavy (non-hydrogen) atoms. The van der Waals surface area contributed by atoms with Gasteiger partial charge >= 0.3 is 0 Å². The van der Waals surface area contributed by atoms with E-state index in [9.17, 15) is 8.42 Å². The minimum absolute atomic E-state index is 0.0839. The predicted octanol–water partition coefficient (Wildman–Crippen LogP) is 2.69. The first-order valence-electron chi connectivity index (χ1n) is 6.36.